The molecule has 2 saturated heterocycles. The quantitative estimate of drug-likeness (QED) is 0.475. The highest BCUT2D eigenvalue weighted by Crippen LogP contribution is 2.40. The summed E-state index contributed by atoms with van der Waals surface area (Å²) in [7, 11) is 0. The van der Waals surface area contributed by atoms with E-state index in [-0.39, 0.29) is 17.7 Å². The van der Waals surface area contributed by atoms with Crippen molar-refractivity contribution in [2.45, 2.75) is 38.0 Å². The number of nitrogens with zero attached hydrogens (tertiary/aromatic N) is 1. The third-order valence-corrected chi connectivity index (χ3v) is 3.12. The molecule has 2 aliphatic rings. The Morgan fingerprint density at radius 2 is 2.62 bits per heavy atom. The van der Waals surface area contributed by atoms with E-state index >= 15 is 0 Å². The van der Waals surface area contributed by atoms with Gasteiger partial charge in [-0.1, -0.05) is 6.08 Å². The monoisotopic (exact) mass is 181 g/mol. The van der Waals surface area contributed by atoms with Crippen LogP contribution in [0.15, 0.2) is 12.7 Å². The lowest BCUT2D eigenvalue weighted by Crippen LogP contribution is -2.44. The van der Waals surface area contributed by atoms with Gasteiger partial charge in [-0.15, -0.1) is 6.58 Å². The number of hydrogen-bond acceptors (Lipinski definition) is 3. The van der Waals surface area contributed by atoms with E-state index < -0.39 is 0 Å². The van der Waals surface area contributed by atoms with Gasteiger partial charge in [-0.25, -0.2) is 4.79 Å². The SMILES string of the molecule is C=CCC12CCCN1[C@@H](C)OC2=O. The maximum Gasteiger partial charge on any atom is 0.328 e. The highest BCUT2D eigenvalue weighted by molar-refractivity contribution is 5.83. The Hall–Kier alpha value is -0.830. The standard InChI is InChI=1S/C10H15NO2/c1-3-5-10-6-4-7-11(10)8(2)13-9(10)12/h3,8H,1,4-7H2,2H3/t8-,10?/m1/s1. The third kappa shape index (κ3) is 1.03. The fourth-order valence-electron chi connectivity index (χ4n) is 2.52. The number of hydrogen-bond donors (Lipinski definition) is 0. The van der Waals surface area contributed by atoms with Crippen molar-refractivity contribution in [3.8, 4) is 0 Å². The molecule has 0 aromatic rings. The molecule has 0 bridgehead atoms. The van der Waals surface area contributed by atoms with Crippen molar-refractivity contribution in [1.82, 2.24) is 4.90 Å². The first-order chi connectivity index (χ1) is 6.20. The van der Waals surface area contributed by atoms with E-state index in [4.69, 9.17) is 4.74 Å². The van der Waals surface area contributed by atoms with Gasteiger partial charge in [0.05, 0.1) is 0 Å². The summed E-state index contributed by atoms with van der Waals surface area (Å²) in [6.45, 7) is 6.62. The first kappa shape index (κ1) is 8.75. The zero-order valence-corrected chi connectivity index (χ0v) is 7.95. The van der Waals surface area contributed by atoms with Crippen LogP contribution in [0.5, 0.6) is 0 Å². The maximum absolute atomic E-state index is 11.7. The predicted molar refractivity (Wildman–Crippen MR) is 49.0 cm³/mol. The molecule has 0 spiro atoms. The average Bonchev–Trinajstić information content (AvgIpc) is 2.57. The molecule has 2 aliphatic heterocycles. The number of esters is 1. The summed E-state index contributed by atoms with van der Waals surface area (Å²) in [6.07, 6.45) is 4.50. The molecule has 72 valence electrons. The van der Waals surface area contributed by atoms with E-state index in [2.05, 4.69) is 11.5 Å². The lowest BCUT2D eigenvalue weighted by Gasteiger charge is -2.26. The Morgan fingerprint density at radius 3 is 3.31 bits per heavy atom. The van der Waals surface area contributed by atoms with Crippen molar-refractivity contribution in [1.29, 1.82) is 0 Å². The molecule has 0 aromatic carbocycles. The van der Waals surface area contributed by atoms with Crippen molar-refractivity contribution in [2.75, 3.05) is 6.54 Å². The molecular weight excluding hydrogens is 166 g/mol. The molecule has 1 unspecified atom stereocenters. The second kappa shape index (κ2) is 2.84. The van der Waals surface area contributed by atoms with Crippen LogP contribution < -0.4 is 0 Å². The van der Waals surface area contributed by atoms with Crippen LogP contribution in [-0.4, -0.2) is 29.2 Å². The van der Waals surface area contributed by atoms with Crippen molar-refractivity contribution in [3.63, 3.8) is 0 Å². The van der Waals surface area contributed by atoms with Crippen molar-refractivity contribution in [2.24, 2.45) is 0 Å². The van der Waals surface area contributed by atoms with Crippen molar-refractivity contribution >= 4 is 5.97 Å². The lowest BCUT2D eigenvalue weighted by molar-refractivity contribution is -0.145. The van der Waals surface area contributed by atoms with E-state index in [9.17, 15) is 4.79 Å². The minimum absolute atomic E-state index is 0.0463. The molecule has 0 aliphatic carbocycles. The zero-order valence-electron chi connectivity index (χ0n) is 7.95. The molecule has 0 aromatic heterocycles. The van der Waals surface area contributed by atoms with Gasteiger partial charge in [-0.2, -0.15) is 0 Å². The minimum atomic E-state index is -0.360. The fraction of sp³-hybridized carbons (Fsp3) is 0.700. The third-order valence-electron chi connectivity index (χ3n) is 3.12. The number of carbonyl (C=O) groups is 1. The number of cyclic esters (lactones) is 1. The molecule has 2 heterocycles. The molecule has 0 amide bonds. The van der Waals surface area contributed by atoms with Gasteiger partial charge in [-0.05, 0) is 26.2 Å². The van der Waals surface area contributed by atoms with Crippen LogP contribution in [0.3, 0.4) is 0 Å². The van der Waals surface area contributed by atoms with E-state index in [1.54, 1.807) is 0 Å². The summed E-state index contributed by atoms with van der Waals surface area (Å²) in [5.41, 5.74) is -0.360. The largest absolute Gasteiger partial charge is 0.445 e. The zero-order chi connectivity index (χ0) is 9.47. The molecule has 3 nitrogen and oxygen atoms in total. The Balaban J connectivity index is 2.30. The summed E-state index contributed by atoms with van der Waals surface area (Å²) in [4.78, 5) is 13.8. The van der Waals surface area contributed by atoms with Crippen LogP contribution in [0.2, 0.25) is 0 Å². The van der Waals surface area contributed by atoms with Crippen LogP contribution in [0.1, 0.15) is 26.2 Å². The Labute approximate surface area is 78.4 Å². The van der Waals surface area contributed by atoms with Gasteiger partial charge >= 0.3 is 5.97 Å². The summed E-state index contributed by atoms with van der Waals surface area (Å²) >= 11 is 0. The first-order valence-electron chi connectivity index (χ1n) is 4.79. The molecule has 13 heavy (non-hydrogen) atoms. The van der Waals surface area contributed by atoms with E-state index in [0.717, 1.165) is 25.8 Å². The molecular formula is C10H15NO2. The lowest BCUT2D eigenvalue weighted by atomic mass is 9.93. The second-order valence-electron chi connectivity index (χ2n) is 3.83. The Kier molecular flexibility index (Phi) is 1.91. The number of ether oxygens (including phenoxy) is 1. The van der Waals surface area contributed by atoms with Crippen LogP contribution in [0.4, 0.5) is 0 Å². The highest BCUT2D eigenvalue weighted by Gasteiger charge is 2.55. The molecule has 0 N–H and O–H groups in total. The van der Waals surface area contributed by atoms with Gasteiger partial charge in [0.1, 0.15) is 5.54 Å². The highest BCUT2D eigenvalue weighted by atomic mass is 16.6. The van der Waals surface area contributed by atoms with Crippen LogP contribution in [0, 0.1) is 0 Å². The van der Waals surface area contributed by atoms with Gasteiger partial charge in [0.25, 0.3) is 0 Å². The molecule has 3 heteroatoms. The topological polar surface area (TPSA) is 29.5 Å². The van der Waals surface area contributed by atoms with Crippen molar-refractivity contribution in [3.05, 3.63) is 12.7 Å². The van der Waals surface area contributed by atoms with Gasteiger partial charge in [0, 0.05) is 6.54 Å². The summed E-state index contributed by atoms with van der Waals surface area (Å²) < 4.78 is 5.22. The van der Waals surface area contributed by atoms with Crippen LogP contribution in [-0.2, 0) is 9.53 Å². The molecule has 2 atom stereocenters. The molecule has 2 fully saturated rings. The van der Waals surface area contributed by atoms with Gasteiger partial charge < -0.3 is 4.74 Å². The van der Waals surface area contributed by atoms with E-state index in [0.29, 0.717) is 0 Å². The van der Waals surface area contributed by atoms with Crippen LogP contribution >= 0.6 is 0 Å². The van der Waals surface area contributed by atoms with Gasteiger partial charge in [0.15, 0.2) is 6.23 Å². The molecule has 0 radical (unpaired) electrons. The summed E-state index contributed by atoms with van der Waals surface area (Å²) in [6, 6.07) is 0. The maximum atomic E-state index is 11.7. The first-order valence-corrected chi connectivity index (χ1v) is 4.79. The smallest absolute Gasteiger partial charge is 0.328 e. The second-order valence-corrected chi connectivity index (χ2v) is 3.83. The summed E-state index contributed by atoms with van der Waals surface area (Å²) in [5.74, 6) is -0.0580. The van der Waals surface area contributed by atoms with Crippen molar-refractivity contribution < 1.29 is 9.53 Å². The van der Waals surface area contributed by atoms with Gasteiger partial charge in [-0.3, -0.25) is 4.90 Å². The normalized spacial score (nSPS) is 38.8. The summed E-state index contributed by atoms with van der Waals surface area (Å²) in [5, 5.41) is 0. The predicted octanol–water partition coefficient (Wildman–Crippen LogP) is 1.30. The Morgan fingerprint density at radius 1 is 1.85 bits per heavy atom. The fourth-order valence-corrected chi connectivity index (χ4v) is 2.52. The minimum Gasteiger partial charge on any atom is -0.445 e. The van der Waals surface area contributed by atoms with Gasteiger partial charge in [0.2, 0.25) is 0 Å². The van der Waals surface area contributed by atoms with E-state index in [1.165, 1.54) is 0 Å². The number of fused-ring (bicyclic) bond motifs is 1. The molecule has 0 saturated carbocycles. The Bertz CT molecular complexity index is 251. The average molecular weight is 181 g/mol. The van der Waals surface area contributed by atoms with E-state index in [1.807, 2.05) is 13.0 Å². The molecule has 2 rings (SSSR count). The van der Waals surface area contributed by atoms with Crippen LogP contribution in [0.25, 0.3) is 0 Å². The number of rotatable bonds is 2. The number of carbonyl (C=O) groups excluding carboxylic acids is 1.